The second-order valence-electron chi connectivity index (χ2n) is 4.96. The Bertz CT molecular complexity index is 594. The highest BCUT2D eigenvalue weighted by molar-refractivity contribution is 5.82. The normalized spacial score (nSPS) is 23.3. The predicted octanol–water partition coefficient (Wildman–Crippen LogP) is 3.20. The van der Waals surface area contributed by atoms with Crippen LogP contribution in [0.15, 0.2) is 36.7 Å². The zero-order valence-electron chi connectivity index (χ0n) is 10.0. The van der Waals surface area contributed by atoms with Crippen LogP contribution in [0, 0.1) is 5.92 Å². The Morgan fingerprint density at radius 3 is 2.94 bits per heavy atom. The van der Waals surface area contributed by atoms with E-state index in [4.69, 9.17) is 0 Å². The molecule has 92 valence electrons. The molecule has 0 aliphatic heterocycles. The Labute approximate surface area is 105 Å². The average molecular weight is 241 g/mol. The summed E-state index contributed by atoms with van der Waals surface area (Å²) in [5, 5.41) is 11.5. The molecular formula is C15H15NO2. The molecule has 1 heterocycles. The molecule has 1 fully saturated rings. The van der Waals surface area contributed by atoms with Crippen molar-refractivity contribution in [1.82, 2.24) is 4.98 Å². The lowest BCUT2D eigenvalue weighted by molar-refractivity contribution is -0.142. The highest BCUT2D eigenvalue weighted by Gasteiger charge is 2.33. The van der Waals surface area contributed by atoms with Crippen LogP contribution < -0.4 is 0 Å². The number of carboxylic acid groups (broad SMARTS) is 1. The van der Waals surface area contributed by atoms with E-state index in [1.807, 2.05) is 18.3 Å². The van der Waals surface area contributed by atoms with Crippen LogP contribution in [0.2, 0.25) is 0 Å². The van der Waals surface area contributed by atoms with E-state index in [1.165, 1.54) is 0 Å². The lowest BCUT2D eigenvalue weighted by Gasteiger charge is -2.16. The van der Waals surface area contributed by atoms with Crippen LogP contribution in [0.25, 0.3) is 10.8 Å². The summed E-state index contributed by atoms with van der Waals surface area (Å²) < 4.78 is 0. The van der Waals surface area contributed by atoms with Crippen molar-refractivity contribution in [2.24, 2.45) is 5.92 Å². The van der Waals surface area contributed by atoms with Crippen LogP contribution in [-0.4, -0.2) is 16.1 Å². The third-order valence-corrected chi connectivity index (χ3v) is 3.93. The Hall–Kier alpha value is -1.90. The molecule has 3 heteroatoms. The fraction of sp³-hybridized carbons (Fsp3) is 0.333. The van der Waals surface area contributed by atoms with Crippen molar-refractivity contribution in [1.29, 1.82) is 0 Å². The standard InChI is InChI=1S/C15H15NO2/c17-15(18)14-3-1-2-13(14)11-4-5-12-9-16-7-6-10(12)8-11/h4-9,13-14H,1-3H2,(H,17,18)/t13-,14+/m0/s1. The fourth-order valence-electron chi connectivity index (χ4n) is 2.99. The molecule has 0 saturated heterocycles. The quantitative estimate of drug-likeness (QED) is 0.878. The second kappa shape index (κ2) is 4.41. The molecule has 0 unspecified atom stereocenters. The van der Waals surface area contributed by atoms with Gasteiger partial charge in [-0.15, -0.1) is 0 Å². The Morgan fingerprint density at radius 1 is 1.22 bits per heavy atom. The van der Waals surface area contributed by atoms with Crippen molar-refractivity contribution in [3.8, 4) is 0 Å². The van der Waals surface area contributed by atoms with Gasteiger partial charge in [0.25, 0.3) is 0 Å². The number of fused-ring (bicyclic) bond motifs is 1. The van der Waals surface area contributed by atoms with E-state index in [1.54, 1.807) is 6.20 Å². The molecule has 1 aliphatic rings. The van der Waals surface area contributed by atoms with E-state index < -0.39 is 5.97 Å². The zero-order valence-corrected chi connectivity index (χ0v) is 10.0. The summed E-state index contributed by atoms with van der Waals surface area (Å²) in [6.45, 7) is 0. The molecule has 0 radical (unpaired) electrons. The fourth-order valence-corrected chi connectivity index (χ4v) is 2.99. The molecule has 0 amide bonds. The Kier molecular flexibility index (Phi) is 2.74. The molecule has 18 heavy (non-hydrogen) atoms. The lowest BCUT2D eigenvalue weighted by Crippen LogP contribution is -2.16. The van der Waals surface area contributed by atoms with E-state index in [0.29, 0.717) is 0 Å². The predicted molar refractivity (Wildman–Crippen MR) is 69.5 cm³/mol. The van der Waals surface area contributed by atoms with Crippen molar-refractivity contribution < 1.29 is 9.90 Å². The molecule has 3 rings (SSSR count). The number of hydrogen-bond acceptors (Lipinski definition) is 2. The molecule has 0 bridgehead atoms. The molecule has 1 aromatic carbocycles. The molecular weight excluding hydrogens is 226 g/mol. The smallest absolute Gasteiger partial charge is 0.307 e. The Balaban J connectivity index is 2.01. The largest absolute Gasteiger partial charge is 0.481 e. The van der Waals surface area contributed by atoms with Gasteiger partial charge in [-0.3, -0.25) is 9.78 Å². The minimum Gasteiger partial charge on any atom is -0.481 e. The van der Waals surface area contributed by atoms with Gasteiger partial charge in [-0.25, -0.2) is 0 Å². The van der Waals surface area contributed by atoms with Gasteiger partial charge in [-0.05, 0) is 35.8 Å². The van der Waals surface area contributed by atoms with E-state index >= 15 is 0 Å². The first kappa shape index (κ1) is 11.2. The second-order valence-corrected chi connectivity index (χ2v) is 4.96. The maximum Gasteiger partial charge on any atom is 0.307 e. The van der Waals surface area contributed by atoms with Crippen LogP contribution in [0.5, 0.6) is 0 Å². The highest BCUT2D eigenvalue weighted by atomic mass is 16.4. The zero-order chi connectivity index (χ0) is 12.5. The van der Waals surface area contributed by atoms with Gasteiger partial charge >= 0.3 is 5.97 Å². The molecule has 2 atom stereocenters. The maximum absolute atomic E-state index is 11.2. The van der Waals surface area contributed by atoms with Crippen LogP contribution >= 0.6 is 0 Å². The summed E-state index contributed by atoms with van der Waals surface area (Å²) in [5.74, 6) is -0.711. The van der Waals surface area contributed by atoms with Gasteiger partial charge in [0.1, 0.15) is 0 Å². The average Bonchev–Trinajstić information content (AvgIpc) is 2.87. The van der Waals surface area contributed by atoms with Crippen molar-refractivity contribution in [2.45, 2.75) is 25.2 Å². The van der Waals surface area contributed by atoms with E-state index in [2.05, 4.69) is 17.1 Å². The minimum atomic E-state index is -0.660. The van der Waals surface area contributed by atoms with Crippen molar-refractivity contribution in [3.05, 3.63) is 42.2 Å². The summed E-state index contributed by atoms with van der Waals surface area (Å²) in [4.78, 5) is 15.3. The number of pyridine rings is 1. The third kappa shape index (κ3) is 1.86. The van der Waals surface area contributed by atoms with Gasteiger partial charge in [-0.2, -0.15) is 0 Å². The number of hydrogen-bond donors (Lipinski definition) is 1. The first-order valence-corrected chi connectivity index (χ1v) is 6.32. The molecule has 1 N–H and O–H groups in total. The first-order chi connectivity index (χ1) is 8.75. The number of nitrogens with zero attached hydrogens (tertiary/aromatic N) is 1. The minimum absolute atomic E-state index is 0.167. The van der Waals surface area contributed by atoms with Crippen LogP contribution in [-0.2, 0) is 4.79 Å². The summed E-state index contributed by atoms with van der Waals surface area (Å²) in [6, 6.07) is 8.18. The van der Waals surface area contributed by atoms with Crippen molar-refractivity contribution >= 4 is 16.7 Å². The van der Waals surface area contributed by atoms with Crippen molar-refractivity contribution in [2.75, 3.05) is 0 Å². The van der Waals surface area contributed by atoms with E-state index in [0.717, 1.165) is 35.6 Å². The number of aromatic nitrogens is 1. The number of carbonyl (C=O) groups is 1. The van der Waals surface area contributed by atoms with Crippen LogP contribution in [0.1, 0.15) is 30.7 Å². The molecule has 0 spiro atoms. The summed E-state index contributed by atoms with van der Waals surface area (Å²) in [6.07, 6.45) is 6.40. The van der Waals surface area contributed by atoms with Gasteiger partial charge < -0.3 is 5.11 Å². The summed E-state index contributed by atoms with van der Waals surface area (Å²) in [7, 11) is 0. The van der Waals surface area contributed by atoms with Crippen LogP contribution in [0.4, 0.5) is 0 Å². The summed E-state index contributed by atoms with van der Waals surface area (Å²) >= 11 is 0. The summed E-state index contributed by atoms with van der Waals surface area (Å²) in [5.41, 5.74) is 1.15. The van der Waals surface area contributed by atoms with Gasteiger partial charge in [0.15, 0.2) is 0 Å². The van der Waals surface area contributed by atoms with Gasteiger partial charge in [0, 0.05) is 17.8 Å². The van der Waals surface area contributed by atoms with E-state index in [-0.39, 0.29) is 11.8 Å². The van der Waals surface area contributed by atoms with E-state index in [9.17, 15) is 9.90 Å². The maximum atomic E-state index is 11.2. The number of carboxylic acids is 1. The molecule has 1 aliphatic carbocycles. The number of aliphatic carboxylic acids is 1. The molecule has 1 aromatic heterocycles. The van der Waals surface area contributed by atoms with Crippen molar-refractivity contribution in [3.63, 3.8) is 0 Å². The van der Waals surface area contributed by atoms with Gasteiger partial charge in [0.2, 0.25) is 0 Å². The number of rotatable bonds is 2. The van der Waals surface area contributed by atoms with Gasteiger partial charge in [-0.1, -0.05) is 24.6 Å². The SMILES string of the molecule is O=C(O)[C@@H]1CCC[C@H]1c1ccc2cnccc2c1. The van der Waals surface area contributed by atoms with Crippen LogP contribution in [0.3, 0.4) is 0 Å². The molecule has 3 nitrogen and oxygen atoms in total. The highest BCUT2D eigenvalue weighted by Crippen LogP contribution is 2.40. The third-order valence-electron chi connectivity index (χ3n) is 3.93. The van der Waals surface area contributed by atoms with Gasteiger partial charge in [0.05, 0.1) is 5.92 Å². The molecule has 2 aromatic rings. The lowest BCUT2D eigenvalue weighted by atomic mass is 9.88. The Morgan fingerprint density at radius 2 is 2.11 bits per heavy atom. The number of benzene rings is 1. The molecule has 1 saturated carbocycles. The topological polar surface area (TPSA) is 50.2 Å². The first-order valence-electron chi connectivity index (χ1n) is 6.32. The monoisotopic (exact) mass is 241 g/mol.